The SMILES string of the molecule is CCCCCCCCCCCCCCOP(=O)(O)O.[MgH2].[MgH2].[MgH2]. The van der Waals surface area contributed by atoms with Gasteiger partial charge in [-0.15, -0.1) is 0 Å². The first-order valence-electron chi connectivity index (χ1n) is 7.76. The van der Waals surface area contributed by atoms with Gasteiger partial charge in [-0.3, -0.25) is 4.52 Å². The van der Waals surface area contributed by atoms with E-state index in [1.165, 1.54) is 57.8 Å². The average molecular weight is 373 g/mol. The molecule has 0 saturated heterocycles. The maximum absolute atomic E-state index is 10.4. The fourth-order valence-corrected chi connectivity index (χ4v) is 2.49. The van der Waals surface area contributed by atoms with Gasteiger partial charge in [-0.25, -0.2) is 4.57 Å². The van der Waals surface area contributed by atoms with E-state index in [-0.39, 0.29) is 75.8 Å². The largest absolute Gasteiger partial charge is 0.469 e. The van der Waals surface area contributed by atoms with Gasteiger partial charge < -0.3 is 9.79 Å². The number of unbranched alkanes of at least 4 members (excludes halogenated alkanes) is 11. The summed E-state index contributed by atoms with van der Waals surface area (Å²) in [7, 11) is -4.25. The highest BCUT2D eigenvalue weighted by atomic mass is 31.2. The van der Waals surface area contributed by atoms with Crippen molar-refractivity contribution in [2.75, 3.05) is 6.61 Å². The van der Waals surface area contributed by atoms with Crippen LogP contribution in [0, 0.1) is 0 Å². The van der Waals surface area contributed by atoms with Gasteiger partial charge in [-0.05, 0) is 6.42 Å². The van der Waals surface area contributed by atoms with Crippen LogP contribution in [0.1, 0.15) is 84.0 Å². The van der Waals surface area contributed by atoms with Gasteiger partial charge in [0.1, 0.15) is 0 Å². The van der Waals surface area contributed by atoms with Crippen molar-refractivity contribution < 1.29 is 18.9 Å². The van der Waals surface area contributed by atoms with E-state index in [1.54, 1.807) is 0 Å². The minimum Gasteiger partial charge on any atom is -0.303 e. The summed E-state index contributed by atoms with van der Waals surface area (Å²) in [5.41, 5.74) is 0. The molecule has 0 fully saturated rings. The standard InChI is InChI=1S/C14H31O4P.3Mg.6H/c1-2-3-4-5-6-7-8-9-10-11-12-13-14-18-19(15,16)17;;;;;;;;;/h2-14H2,1H3,(H2,15,16,17);;;;;;;;;. The molecule has 0 heterocycles. The molecular weight excluding hydrogens is 336 g/mol. The predicted octanol–water partition coefficient (Wildman–Crippen LogP) is 2.05. The smallest absolute Gasteiger partial charge is 0.303 e. The summed E-state index contributed by atoms with van der Waals surface area (Å²) in [5, 5.41) is 0. The summed E-state index contributed by atoms with van der Waals surface area (Å²) in [6.07, 6.45) is 14.9. The molecule has 2 N–H and O–H groups in total. The van der Waals surface area contributed by atoms with Crippen molar-refractivity contribution in [1.29, 1.82) is 0 Å². The maximum atomic E-state index is 10.4. The lowest BCUT2D eigenvalue weighted by Crippen LogP contribution is -1.92. The number of phosphoric acid groups is 1. The molecule has 0 rings (SSSR count). The third-order valence-corrected chi connectivity index (χ3v) is 3.78. The van der Waals surface area contributed by atoms with Gasteiger partial charge in [-0.1, -0.05) is 77.6 Å². The predicted molar refractivity (Wildman–Crippen MR) is 105 cm³/mol. The monoisotopic (exact) mass is 372 g/mol. The minimum absolute atomic E-state index is 0. The molecule has 128 valence electrons. The van der Waals surface area contributed by atoms with Crippen molar-refractivity contribution in [3.8, 4) is 0 Å². The quantitative estimate of drug-likeness (QED) is 0.278. The fourth-order valence-electron chi connectivity index (χ4n) is 2.13. The highest BCUT2D eigenvalue weighted by Gasteiger charge is 2.12. The Balaban J connectivity index is -0.000000540. The minimum atomic E-state index is -4.25. The van der Waals surface area contributed by atoms with Crippen LogP contribution in [0.25, 0.3) is 0 Å². The first-order chi connectivity index (χ1) is 9.06. The van der Waals surface area contributed by atoms with Crippen LogP contribution in [0.5, 0.6) is 0 Å². The Morgan fingerprint density at radius 1 is 0.682 bits per heavy atom. The van der Waals surface area contributed by atoms with Crippen LogP contribution in [0.15, 0.2) is 0 Å². The van der Waals surface area contributed by atoms with Crippen molar-refractivity contribution in [2.24, 2.45) is 0 Å². The molecule has 0 spiro atoms. The fraction of sp³-hybridized carbons (Fsp3) is 1.00. The molecule has 0 aliphatic heterocycles. The summed E-state index contributed by atoms with van der Waals surface area (Å²) in [5.74, 6) is 0. The maximum Gasteiger partial charge on any atom is 0.469 e. The highest BCUT2D eigenvalue weighted by molar-refractivity contribution is 7.46. The van der Waals surface area contributed by atoms with E-state index >= 15 is 0 Å². The average Bonchev–Trinajstić information content (AvgIpc) is 2.34. The number of phosphoric ester groups is 1. The zero-order valence-corrected chi connectivity index (χ0v) is 13.2. The van der Waals surface area contributed by atoms with E-state index in [1.807, 2.05) is 0 Å². The summed E-state index contributed by atoms with van der Waals surface area (Å²) in [4.78, 5) is 17.0. The molecule has 22 heavy (non-hydrogen) atoms. The molecular formula is C14H37Mg3O4P. The molecule has 8 heteroatoms. The third kappa shape index (κ3) is 30.3. The van der Waals surface area contributed by atoms with Crippen molar-refractivity contribution in [2.45, 2.75) is 84.0 Å². The second-order valence-electron chi connectivity index (χ2n) is 5.21. The highest BCUT2D eigenvalue weighted by Crippen LogP contribution is 2.35. The lowest BCUT2D eigenvalue weighted by Gasteiger charge is -2.05. The van der Waals surface area contributed by atoms with Gasteiger partial charge in [0.15, 0.2) is 0 Å². The summed E-state index contributed by atoms with van der Waals surface area (Å²) in [6, 6.07) is 0. The van der Waals surface area contributed by atoms with Gasteiger partial charge in [-0.2, -0.15) is 0 Å². The summed E-state index contributed by atoms with van der Waals surface area (Å²) >= 11 is 0. The first-order valence-corrected chi connectivity index (χ1v) is 9.29. The van der Waals surface area contributed by atoms with Crippen LogP contribution in [0.4, 0.5) is 0 Å². The lowest BCUT2D eigenvalue weighted by atomic mass is 10.1. The summed E-state index contributed by atoms with van der Waals surface area (Å²) in [6.45, 7) is 2.41. The number of hydrogen-bond acceptors (Lipinski definition) is 2. The van der Waals surface area contributed by atoms with Crippen LogP contribution >= 0.6 is 7.82 Å². The molecule has 0 aliphatic carbocycles. The van der Waals surface area contributed by atoms with Crippen LogP contribution < -0.4 is 0 Å². The lowest BCUT2D eigenvalue weighted by molar-refractivity contribution is 0.193. The third-order valence-electron chi connectivity index (χ3n) is 3.26. The number of rotatable bonds is 14. The zero-order chi connectivity index (χ0) is 14.4. The Morgan fingerprint density at radius 3 is 1.32 bits per heavy atom. The van der Waals surface area contributed by atoms with E-state index < -0.39 is 7.82 Å². The van der Waals surface area contributed by atoms with Crippen LogP contribution in [-0.4, -0.2) is 85.6 Å². The Kier molecular flexibility index (Phi) is 34.2. The Hall–Kier alpha value is 2.41. The van der Waals surface area contributed by atoms with Gasteiger partial charge in [0.25, 0.3) is 0 Å². The van der Waals surface area contributed by atoms with Gasteiger partial charge in [0.05, 0.1) is 6.61 Å². The van der Waals surface area contributed by atoms with Crippen molar-refractivity contribution in [3.05, 3.63) is 0 Å². The zero-order valence-electron chi connectivity index (χ0n) is 12.4. The van der Waals surface area contributed by atoms with Gasteiger partial charge in [0, 0.05) is 0 Å². The van der Waals surface area contributed by atoms with E-state index in [0.29, 0.717) is 0 Å². The van der Waals surface area contributed by atoms with E-state index in [4.69, 9.17) is 9.79 Å². The van der Waals surface area contributed by atoms with Crippen LogP contribution in [0.3, 0.4) is 0 Å². The molecule has 0 aliphatic rings. The van der Waals surface area contributed by atoms with Gasteiger partial charge in [0.2, 0.25) is 0 Å². The Bertz CT molecular complexity index is 240. The molecule has 0 bridgehead atoms. The Labute approximate surface area is 185 Å². The molecule has 0 atom stereocenters. The molecule has 0 amide bonds. The summed E-state index contributed by atoms with van der Waals surface area (Å²) < 4.78 is 14.8. The van der Waals surface area contributed by atoms with E-state index in [0.717, 1.165) is 19.3 Å². The van der Waals surface area contributed by atoms with Crippen molar-refractivity contribution >= 4 is 77.0 Å². The van der Waals surface area contributed by atoms with E-state index in [9.17, 15) is 4.57 Å². The number of hydrogen-bond donors (Lipinski definition) is 2. The molecule has 0 saturated carbocycles. The van der Waals surface area contributed by atoms with Crippen LogP contribution in [0.2, 0.25) is 0 Å². The molecule has 0 aromatic heterocycles. The van der Waals surface area contributed by atoms with Gasteiger partial charge >= 0.3 is 77.0 Å². The second-order valence-corrected chi connectivity index (χ2v) is 6.45. The molecule has 0 unspecified atom stereocenters. The topological polar surface area (TPSA) is 66.8 Å². The first kappa shape index (κ1) is 32.1. The van der Waals surface area contributed by atoms with E-state index in [2.05, 4.69) is 11.4 Å². The second kappa shape index (κ2) is 23.4. The molecule has 4 nitrogen and oxygen atoms in total. The Morgan fingerprint density at radius 2 is 1.00 bits per heavy atom. The molecule has 0 aromatic rings. The molecule has 0 radical (unpaired) electrons. The van der Waals surface area contributed by atoms with Crippen molar-refractivity contribution in [3.63, 3.8) is 0 Å². The molecule has 0 aromatic carbocycles. The van der Waals surface area contributed by atoms with Crippen molar-refractivity contribution in [1.82, 2.24) is 0 Å². The van der Waals surface area contributed by atoms with Crippen LogP contribution in [-0.2, 0) is 9.09 Å². The normalized spacial score (nSPS) is 10.3.